The Hall–Kier alpha value is -1.76. The van der Waals surface area contributed by atoms with E-state index in [1.54, 1.807) is 12.6 Å². The smallest absolute Gasteiger partial charge is 0.230 e. The fraction of sp³-hybridized carbons (Fsp3) is 0.500. The largest absolute Gasteiger partial charge is 0.467 e. The van der Waals surface area contributed by atoms with E-state index in [0.29, 0.717) is 17.5 Å². The van der Waals surface area contributed by atoms with Crippen molar-refractivity contribution < 1.29 is 9.21 Å². The highest BCUT2D eigenvalue weighted by Crippen LogP contribution is 2.16. The Morgan fingerprint density at radius 2 is 2.29 bits per heavy atom. The lowest BCUT2D eigenvalue weighted by molar-refractivity contribution is -0.119. The molecule has 21 heavy (non-hydrogen) atoms. The molecule has 2 rings (SSSR count). The number of aromatic nitrogens is 3. The zero-order chi connectivity index (χ0) is 15.1. The number of furan rings is 1. The first kappa shape index (κ1) is 15.6. The number of rotatable bonds is 8. The van der Waals surface area contributed by atoms with Crippen LogP contribution >= 0.6 is 11.8 Å². The Kier molecular flexibility index (Phi) is 5.86. The second-order valence-corrected chi connectivity index (χ2v) is 5.63. The molecule has 1 N–H and O–H groups in total. The van der Waals surface area contributed by atoms with Crippen LogP contribution in [0.5, 0.6) is 0 Å². The zero-order valence-corrected chi connectivity index (χ0v) is 13.1. The number of nitrogens with one attached hydrogen (secondary N) is 1. The number of carbonyl (C=O) groups excluding carboxylic acids is 1. The molecule has 0 aromatic carbocycles. The third-order valence-electron chi connectivity index (χ3n) is 3.17. The van der Waals surface area contributed by atoms with Gasteiger partial charge in [-0.15, -0.1) is 10.2 Å². The molecule has 1 amide bonds. The van der Waals surface area contributed by atoms with Crippen LogP contribution in [0.1, 0.15) is 32.4 Å². The summed E-state index contributed by atoms with van der Waals surface area (Å²) >= 11 is 1.38. The van der Waals surface area contributed by atoms with E-state index < -0.39 is 0 Å². The molecule has 0 saturated heterocycles. The van der Waals surface area contributed by atoms with Gasteiger partial charge in [0, 0.05) is 6.04 Å². The first-order chi connectivity index (χ1) is 10.2. The molecule has 0 radical (unpaired) electrons. The van der Waals surface area contributed by atoms with E-state index in [1.165, 1.54) is 11.8 Å². The van der Waals surface area contributed by atoms with Gasteiger partial charge < -0.3 is 14.3 Å². The van der Waals surface area contributed by atoms with Gasteiger partial charge in [-0.25, -0.2) is 0 Å². The minimum absolute atomic E-state index is 0.0289. The Morgan fingerprint density at radius 3 is 2.95 bits per heavy atom. The van der Waals surface area contributed by atoms with E-state index in [1.807, 2.05) is 16.7 Å². The Morgan fingerprint density at radius 1 is 1.48 bits per heavy atom. The van der Waals surface area contributed by atoms with Gasteiger partial charge >= 0.3 is 0 Å². The molecular weight excluding hydrogens is 288 g/mol. The fourth-order valence-electron chi connectivity index (χ4n) is 1.93. The highest BCUT2D eigenvalue weighted by Gasteiger charge is 2.12. The maximum absolute atomic E-state index is 11.9. The fourth-order valence-corrected chi connectivity index (χ4v) is 2.65. The van der Waals surface area contributed by atoms with E-state index in [-0.39, 0.29) is 11.9 Å². The van der Waals surface area contributed by atoms with E-state index in [2.05, 4.69) is 29.4 Å². The predicted molar refractivity (Wildman–Crippen MR) is 81.1 cm³/mol. The molecule has 0 aliphatic rings. The van der Waals surface area contributed by atoms with Crippen molar-refractivity contribution >= 4 is 17.7 Å². The first-order valence-electron chi connectivity index (χ1n) is 7.05. The third kappa shape index (κ3) is 4.63. The molecule has 7 heteroatoms. The summed E-state index contributed by atoms with van der Waals surface area (Å²) in [5.74, 6) is 1.20. The predicted octanol–water partition coefficient (Wildman–Crippen LogP) is 2.32. The molecule has 0 bridgehead atoms. The number of hydrogen-bond acceptors (Lipinski definition) is 5. The molecule has 6 nitrogen and oxygen atoms in total. The molecule has 0 aliphatic carbocycles. The second-order valence-electron chi connectivity index (χ2n) is 4.69. The van der Waals surface area contributed by atoms with E-state index in [0.717, 1.165) is 18.6 Å². The van der Waals surface area contributed by atoms with Crippen LogP contribution in [-0.2, 0) is 11.3 Å². The van der Waals surface area contributed by atoms with Crippen molar-refractivity contribution in [2.75, 3.05) is 5.75 Å². The monoisotopic (exact) mass is 308 g/mol. The van der Waals surface area contributed by atoms with Gasteiger partial charge in [0.25, 0.3) is 0 Å². The van der Waals surface area contributed by atoms with Gasteiger partial charge in [0.2, 0.25) is 5.91 Å². The van der Waals surface area contributed by atoms with Crippen LogP contribution in [0.3, 0.4) is 0 Å². The van der Waals surface area contributed by atoms with Gasteiger partial charge in [0.05, 0.1) is 18.6 Å². The third-order valence-corrected chi connectivity index (χ3v) is 4.15. The summed E-state index contributed by atoms with van der Waals surface area (Å²) in [5, 5.41) is 11.7. The van der Waals surface area contributed by atoms with E-state index in [9.17, 15) is 4.79 Å². The molecule has 0 aliphatic heterocycles. The number of carbonyl (C=O) groups is 1. The molecular formula is C14H20N4O2S. The minimum Gasteiger partial charge on any atom is -0.467 e. The summed E-state index contributed by atoms with van der Waals surface area (Å²) in [4.78, 5) is 11.9. The van der Waals surface area contributed by atoms with Gasteiger partial charge in [-0.3, -0.25) is 4.79 Å². The summed E-state index contributed by atoms with van der Waals surface area (Å²) in [5.41, 5.74) is 0. The van der Waals surface area contributed by atoms with Crippen LogP contribution in [0.25, 0.3) is 0 Å². The quantitative estimate of drug-likeness (QED) is 0.758. The second kappa shape index (κ2) is 7.87. The van der Waals surface area contributed by atoms with Crippen molar-refractivity contribution in [1.29, 1.82) is 0 Å². The molecule has 0 spiro atoms. The van der Waals surface area contributed by atoms with Crippen LogP contribution in [0.2, 0.25) is 0 Å². The summed E-state index contributed by atoms with van der Waals surface area (Å²) in [6.07, 6.45) is 5.17. The molecule has 2 heterocycles. The topological polar surface area (TPSA) is 73.0 Å². The van der Waals surface area contributed by atoms with Crippen molar-refractivity contribution in [2.24, 2.45) is 0 Å². The van der Waals surface area contributed by atoms with Crippen LogP contribution < -0.4 is 5.32 Å². The Balaban J connectivity index is 1.86. The van der Waals surface area contributed by atoms with Crippen LogP contribution in [0, 0.1) is 0 Å². The number of thioether (sulfide) groups is 1. The van der Waals surface area contributed by atoms with Crippen LogP contribution in [-0.4, -0.2) is 32.5 Å². The molecule has 2 aromatic heterocycles. The molecule has 0 saturated carbocycles. The Bertz CT molecular complexity index is 549. The lowest BCUT2D eigenvalue weighted by atomic mass is 10.2. The van der Waals surface area contributed by atoms with Crippen molar-refractivity contribution in [3.05, 3.63) is 30.5 Å². The Labute approximate surface area is 128 Å². The number of hydrogen-bond donors (Lipinski definition) is 1. The van der Waals surface area contributed by atoms with Crippen molar-refractivity contribution in [1.82, 2.24) is 20.1 Å². The summed E-state index contributed by atoms with van der Waals surface area (Å²) in [6, 6.07) is 3.99. The SMILES string of the molecule is CCC(CC)NC(=O)CSc1nncn1Cc1ccco1. The van der Waals surface area contributed by atoms with Gasteiger partial charge in [0.1, 0.15) is 12.1 Å². The molecule has 114 valence electrons. The van der Waals surface area contributed by atoms with E-state index >= 15 is 0 Å². The van der Waals surface area contributed by atoms with Crippen LogP contribution in [0.4, 0.5) is 0 Å². The van der Waals surface area contributed by atoms with E-state index in [4.69, 9.17) is 4.42 Å². The highest BCUT2D eigenvalue weighted by molar-refractivity contribution is 7.99. The minimum atomic E-state index is 0.0289. The normalized spacial score (nSPS) is 11.0. The summed E-state index contributed by atoms with van der Waals surface area (Å²) in [7, 11) is 0. The van der Waals surface area contributed by atoms with Crippen molar-refractivity contribution in [3.63, 3.8) is 0 Å². The first-order valence-corrected chi connectivity index (χ1v) is 8.03. The van der Waals surface area contributed by atoms with Crippen molar-refractivity contribution in [2.45, 2.75) is 44.4 Å². The van der Waals surface area contributed by atoms with Crippen LogP contribution in [0.15, 0.2) is 34.3 Å². The number of nitrogens with zero attached hydrogens (tertiary/aromatic N) is 3. The average Bonchev–Trinajstić information content (AvgIpc) is 3.15. The molecule has 0 atom stereocenters. The van der Waals surface area contributed by atoms with Gasteiger partial charge in [-0.05, 0) is 25.0 Å². The zero-order valence-electron chi connectivity index (χ0n) is 12.3. The summed E-state index contributed by atoms with van der Waals surface area (Å²) < 4.78 is 7.17. The highest BCUT2D eigenvalue weighted by atomic mass is 32.2. The summed E-state index contributed by atoms with van der Waals surface area (Å²) in [6.45, 7) is 4.71. The molecule has 0 fully saturated rings. The van der Waals surface area contributed by atoms with Gasteiger partial charge in [0.15, 0.2) is 5.16 Å². The lowest BCUT2D eigenvalue weighted by Crippen LogP contribution is -2.35. The molecule has 2 aromatic rings. The maximum atomic E-state index is 11.9. The lowest BCUT2D eigenvalue weighted by Gasteiger charge is -2.14. The average molecular weight is 308 g/mol. The number of amides is 1. The van der Waals surface area contributed by atoms with Crippen molar-refractivity contribution in [3.8, 4) is 0 Å². The van der Waals surface area contributed by atoms with Gasteiger partial charge in [-0.2, -0.15) is 0 Å². The standard InChI is InChI=1S/C14H20N4O2S/c1-3-11(4-2)16-13(19)9-21-14-17-15-10-18(14)8-12-6-5-7-20-12/h5-7,10-11H,3-4,8-9H2,1-2H3,(H,16,19). The van der Waals surface area contributed by atoms with Gasteiger partial charge in [-0.1, -0.05) is 25.6 Å². The maximum Gasteiger partial charge on any atom is 0.230 e. The molecule has 0 unspecified atom stereocenters.